The minimum Gasteiger partial charge on any atom is -0.452 e. The monoisotopic (exact) mass is 454 g/mol. The van der Waals surface area contributed by atoms with E-state index in [0.29, 0.717) is 30.6 Å². The van der Waals surface area contributed by atoms with E-state index in [-0.39, 0.29) is 18.0 Å². The molecule has 4 unspecified atom stereocenters. The van der Waals surface area contributed by atoms with Crippen molar-refractivity contribution in [3.05, 3.63) is 42.5 Å². The van der Waals surface area contributed by atoms with Gasteiger partial charge in [-0.15, -0.1) is 6.58 Å². The summed E-state index contributed by atoms with van der Waals surface area (Å²) in [5.74, 6) is 7.51. The van der Waals surface area contributed by atoms with Crippen molar-refractivity contribution in [3.8, 4) is 17.6 Å². The lowest BCUT2D eigenvalue weighted by atomic mass is 9.73. The van der Waals surface area contributed by atoms with Crippen LogP contribution in [0.25, 0.3) is 0 Å². The molecule has 0 N–H and O–H groups in total. The first-order valence-corrected chi connectivity index (χ1v) is 11.1. The Labute approximate surface area is 187 Å². The molecule has 1 saturated heterocycles. The fourth-order valence-electron chi connectivity index (χ4n) is 4.48. The molecular formula is C25H30F4O3. The van der Waals surface area contributed by atoms with Crippen LogP contribution in [0, 0.1) is 29.6 Å². The lowest BCUT2D eigenvalue weighted by molar-refractivity contribution is -0.236. The highest BCUT2D eigenvalue weighted by Crippen LogP contribution is 2.38. The average Bonchev–Trinajstić information content (AvgIpc) is 2.80. The maximum absolute atomic E-state index is 12.9. The van der Waals surface area contributed by atoms with E-state index in [0.717, 1.165) is 25.2 Å². The number of hydrogen-bond donors (Lipinski definition) is 0. The molecule has 0 bridgehead atoms. The normalized spacial score (nSPS) is 28.2. The summed E-state index contributed by atoms with van der Waals surface area (Å²) in [6, 6.07) is 5.46. The summed E-state index contributed by atoms with van der Waals surface area (Å²) in [7, 11) is 0. The van der Waals surface area contributed by atoms with Crippen LogP contribution in [-0.2, 0) is 9.47 Å². The van der Waals surface area contributed by atoms with Gasteiger partial charge in [0, 0.05) is 5.56 Å². The summed E-state index contributed by atoms with van der Waals surface area (Å²) in [5.41, 5.74) is 0.566. The van der Waals surface area contributed by atoms with Crippen LogP contribution < -0.4 is 4.74 Å². The molecule has 2 aliphatic rings. The lowest BCUT2D eigenvalue weighted by Gasteiger charge is -2.38. The molecular weight excluding hydrogens is 424 g/mol. The Morgan fingerprint density at radius 2 is 1.81 bits per heavy atom. The van der Waals surface area contributed by atoms with Gasteiger partial charge in [0.05, 0.1) is 19.3 Å². The third kappa shape index (κ3) is 6.73. The van der Waals surface area contributed by atoms with Gasteiger partial charge in [-0.25, -0.2) is 0 Å². The minimum atomic E-state index is -5.06. The highest BCUT2D eigenvalue weighted by atomic mass is 19.4. The zero-order chi connectivity index (χ0) is 23.1. The summed E-state index contributed by atoms with van der Waals surface area (Å²) in [6.45, 7) is 7.08. The van der Waals surface area contributed by atoms with Gasteiger partial charge in [0.15, 0.2) is 0 Å². The van der Waals surface area contributed by atoms with E-state index in [2.05, 4.69) is 36.2 Å². The zero-order valence-electron chi connectivity index (χ0n) is 18.2. The molecule has 2 fully saturated rings. The van der Waals surface area contributed by atoms with Gasteiger partial charge in [0.1, 0.15) is 11.9 Å². The molecule has 0 amide bonds. The highest BCUT2D eigenvalue weighted by Gasteiger charge is 2.42. The number of hydrogen-bond acceptors (Lipinski definition) is 3. The van der Waals surface area contributed by atoms with Gasteiger partial charge in [-0.05, 0) is 74.1 Å². The number of alkyl halides is 4. The summed E-state index contributed by atoms with van der Waals surface area (Å²) in [4.78, 5) is 0. The number of benzene rings is 1. The predicted octanol–water partition coefficient (Wildman–Crippen LogP) is 6.08. The van der Waals surface area contributed by atoms with Crippen molar-refractivity contribution in [2.24, 2.45) is 17.8 Å². The molecule has 0 radical (unpaired) electrons. The molecule has 32 heavy (non-hydrogen) atoms. The van der Waals surface area contributed by atoms with Crippen LogP contribution in [-0.4, -0.2) is 38.0 Å². The van der Waals surface area contributed by atoms with Gasteiger partial charge in [0.25, 0.3) is 0 Å². The Balaban J connectivity index is 1.44. The molecule has 1 aliphatic heterocycles. The van der Waals surface area contributed by atoms with Gasteiger partial charge < -0.3 is 14.2 Å². The third-order valence-corrected chi connectivity index (χ3v) is 6.37. The molecule has 3 nitrogen and oxygen atoms in total. The molecule has 0 aromatic heterocycles. The van der Waals surface area contributed by atoms with Gasteiger partial charge in [0.2, 0.25) is 0 Å². The molecule has 176 valence electrons. The zero-order valence-corrected chi connectivity index (χ0v) is 18.2. The van der Waals surface area contributed by atoms with Crippen LogP contribution in [0.2, 0.25) is 0 Å². The first-order valence-electron chi connectivity index (χ1n) is 11.1. The third-order valence-electron chi connectivity index (χ3n) is 6.37. The van der Waals surface area contributed by atoms with Gasteiger partial charge >= 0.3 is 12.5 Å². The quantitative estimate of drug-likeness (QED) is 0.296. The van der Waals surface area contributed by atoms with Crippen molar-refractivity contribution in [3.63, 3.8) is 0 Å². The minimum absolute atomic E-state index is 0.0940. The fourth-order valence-corrected chi connectivity index (χ4v) is 4.48. The van der Waals surface area contributed by atoms with E-state index in [1.807, 2.05) is 0 Å². The topological polar surface area (TPSA) is 27.7 Å². The van der Waals surface area contributed by atoms with Crippen molar-refractivity contribution in [1.29, 1.82) is 0 Å². The largest absolute Gasteiger partial charge is 0.457 e. The lowest BCUT2D eigenvalue weighted by Crippen LogP contribution is -2.41. The van der Waals surface area contributed by atoms with Gasteiger partial charge in [-0.1, -0.05) is 24.8 Å². The fraction of sp³-hybridized carbons (Fsp3) is 0.600. The molecule has 1 saturated carbocycles. The Bertz CT molecular complexity index is 780. The van der Waals surface area contributed by atoms with Crippen LogP contribution in [0.4, 0.5) is 17.6 Å². The summed E-state index contributed by atoms with van der Waals surface area (Å²) >= 11 is 0. The first-order chi connectivity index (χ1) is 15.3. The maximum Gasteiger partial charge on any atom is 0.457 e. The van der Waals surface area contributed by atoms with Gasteiger partial charge in [-0.3, -0.25) is 0 Å². The van der Waals surface area contributed by atoms with Crippen molar-refractivity contribution in [1.82, 2.24) is 0 Å². The predicted molar refractivity (Wildman–Crippen MR) is 114 cm³/mol. The number of allylic oxidation sites excluding steroid dienone is 1. The van der Waals surface area contributed by atoms with E-state index in [4.69, 9.17) is 9.47 Å². The van der Waals surface area contributed by atoms with Crippen molar-refractivity contribution < 1.29 is 31.8 Å². The average molecular weight is 455 g/mol. The summed E-state index contributed by atoms with van der Waals surface area (Å²) in [5, 5.41) is 0. The number of ether oxygens (including phenoxy) is 3. The first kappa shape index (κ1) is 24.6. The Kier molecular flexibility index (Phi) is 8.61. The van der Waals surface area contributed by atoms with E-state index in [1.165, 1.54) is 37.1 Å². The van der Waals surface area contributed by atoms with Crippen LogP contribution >= 0.6 is 0 Å². The van der Waals surface area contributed by atoms with Crippen LogP contribution in [0.3, 0.4) is 0 Å². The molecule has 7 heteroatoms. The molecule has 1 aliphatic carbocycles. The molecule has 1 heterocycles. The smallest absolute Gasteiger partial charge is 0.452 e. The molecule has 3 rings (SSSR count). The Hall–Kier alpha value is -2.04. The molecule has 1 aromatic carbocycles. The van der Waals surface area contributed by atoms with Crippen molar-refractivity contribution in [2.75, 3.05) is 13.2 Å². The molecule has 1 aromatic rings. The van der Waals surface area contributed by atoms with Crippen LogP contribution in [0.1, 0.15) is 44.6 Å². The van der Waals surface area contributed by atoms with Crippen molar-refractivity contribution >= 4 is 0 Å². The maximum atomic E-state index is 12.9. The highest BCUT2D eigenvalue weighted by molar-refractivity contribution is 5.39. The summed E-state index contributed by atoms with van der Waals surface area (Å²) < 4.78 is 65.7. The Morgan fingerprint density at radius 3 is 2.34 bits per heavy atom. The Morgan fingerprint density at radius 1 is 1.12 bits per heavy atom. The van der Waals surface area contributed by atoms with Gasteiger partial charge in [-0.2, -0.15) is 17.6 Å². The molecule has 4 atom stereocenters. The van der Waals surface area contributed by atoms with Crippen LogP contribution in [0.15, 0.2) is 36.9 Å². The standard InChI is InChI=1S/C25H30F4O3/c1-3-18(4-2)19-8-10-20(11-9-19)23-16-30-22(15-31-23)14-7-17-5-12-21(13-6-17)32-24(26)25(27,28)29/h3,5-6,12-13,18-20,22-24H,1,4,8-11,15-16H2,2H3. The van der Waals surface area contributed by atoms with E-state index in [9.17, 15) is 17.6 Å². The van der Waals surface area contributed by atoms with E-state index in [1.54, 1.807) is 0 Å². The second kappa shape index (κ2) is 11.2. The SMILES string of the molecule is C=CC(CC)C1CCC(C2COC(C#Cc3ccc(OC(F)C(F)(F)F)cc3)CO2)CC1. The second-order valence-electron chi connectivity index (χ2n) is 8.45. The number of rotatable bonds is 6. The number of halogens is 4. The van der Waals surface area contributed by atoms with Crippen molar-refractivity contribution in [2.45, 2.75) is 63.8 Å². The van der Waals surface area contributed by atoms with E-state index < -0.39 is 12.5 Å². The second-order valence-corrected chi connectivity index (χ2v) is 8.45. The summed E-state index contributed by atoms with van der Waals surface area (Å²) in [6.07, 6.45) is -0.766. The molecule has 0 spiro atoms. The van der Waals surface area contributed by atoms with Crippen LogP contribution in [0.5, 0.6) is 5.75 Å². The van der Waals surface area contributed by atoms with E-state index >= 15 is 0 Å².